The largest absolute Gasteiger partial charge is 0.474 e. The number of hydrogen-bond acceptors (Lipinski definition) is 7. The van der Waals surface area contributed by atoms with Crippen molar-refractivity contribution in [3.8, 4) is 11.9 Å². The van der Waals surface area contributed by atoms with E-state index in [4.69, 9.17) is 10.00 Å². The van der Waals surface area contributed by atoms with E-state index in [0.29, 0.717) is 22.3 Å². The second kappa shape index (κ2) is 12.0. The summed E-state index contributed by atoms with van der Waals surface area (Å²) in [5.74, 6) is -3.80. The van der Waals surface area contributed by atoms with Gasteiger partial charge in [-0.1, -0.05) is 18.2 Å². The number of hydrogen-bond donors (Lipinski definition) is 1. The zero-order chi connectivity index (χ0) is 29.0. The number of aromatic nitrogens is 2. The van der Waals surface area contributed by atoms with Gasteiger partial charge in [-0.2, -0.15) is 5.26 Å². The number of likely N-dealkylation sites (tertiary alicyclic amines) is 2. The van der Waals surface area contributed by atoms with Gasteiger partial charge in [-0.15, -0.1) is 0 Å². The molecule has 2 amide bonds. The molecule has 1 atom stereocenters. The summed E-state index contributed by atoms with van der Waals surface area (Å²) in [4.78, 5) is 37.3. The van der Waals surface area contributed by atoms with Crippen molar-refractivity contribution in [3.63, 3.8) is 0 Å². The fourth-order valence-corrected chi connectivity index (χ4v) is 5.04. The molecule has 1 aromatic carbocycles. The van der Waals surface area contributed by atoms with Crippen molar-refractivity contribution >= 4 is 34.9 Å². The number of ether oxygens (including phenoxy) is 1. The van der Waals surface area contributed by atoms with Crippen molar-refractivity contribution < 1.29 is 23.1 Å². The Hall–Kier alpha value is -4.43. The Morgan fingerprint density at radius 1 is 1.15 bits per heavy atom. The maximum atomic E-state index is 13.7. The number of piperidine rings is 1. The quantitative estimate of drug-likeness (QED) is 0.468. The molecule has 4 heterocycles. The third-order valence-electron chi connectivity index (χ3n) is 7.33. The molecule has 2 saturated heterocycles. The minimum absolute atomic E-state index is 0.176. The fourth-order valence-electron chi connectivity index (χ4n) is 5.04. The summed E-state index contributed by atoms with van der Waals surface area (Å²) in [6.45, 7) is 0.687. The number of nitriles is 1. The average Bonchev–Trinajstić information content (AvgIpc) is 3.30. The molecule has 2 aromatic heterocycles. The lowest BCUT2D eigenvalue weighted by Gasteiger charge is -2.28. The van der Waals surface area contributed by atoms with Crippen LogP contribution in [-0.2, 0) is 4.79 Å². The average molecular weight is 561 g/mol. The van der Waals surface area contributed by atoms with E-state index in [1.165, 1.54) is 12.3 Å². The summed E-state index contributed by atoms with van der Waals surface area (Å²) in [7, 11) is 2.11. The minimum Gasteiger partial charge on any atom is -0.474 e. The third-order valence-corrected chi connectivity index (χ3v) is 7.33. The van der Waals surface area contributed by atoms with E-state index in [0.717, 1.165) is 42.0 Å². The van der Waals surface area contributed by atoms with E-state index in [9.17, 15) is 18.4 Å². The molecule has 0 radical (unpaired) electrons. The van der Waals surface area contributed by atoms with Crippen LogP contribution in [0.15, 0.2) is 48.8 Å². The molecule has 0 saturated carbocycles. The number of fused-ring (bicyclic) bond motifs is 1. The van der Waals surface area contributed by atoms with Crippen LogP contribution in [0.4, 0.5) is 8.78 Å². The first-order valence-electron chi connectivity index (χ1n) is 13.4. The van der Waals surface area contributed by atoms with Crippen molar-refractivity contribution in [2.24, 2.45) is 0 Å². The number of nitrogens with one attached hydrogen (secondary N) is 1. The number of halogens is 2. The molecule has 2 aliphatic rings. The Morgan fingerprint density at radius 2 is 1.90 bits per heavy atom. The molecular formula is C30H30F2N6O3. The van der Waals surface area contributed by atoms with E-state index in [1.807, 2.05) is 36.4 Å². The summed E-state index contributed by atoms with van der Waals surface area (Å²) in [6, 6.07) is 11.3. The monoisotopic (exact) mass is 560 g/mol. The van der Waals surface area contributed by atoms with Crippen LogP contribution in [-0.4, -0.2) is 82.9 Å². The molecule has 0 aliphatic carbocycles. The number of carbonyl (C=O) groups excluding carboxylic acids is 2. The highest BCUT2D eigenvalue weighted by atomic mass is 19.3. The summed E-state index contributed by atoms with van der Waals surface area (Å²) in [5.41, 5.74) is 2.57. The Morgan fingerprint density at radius 3 is 2.63 bits per heavy atom. The number of rotatable bonds is 7. The maximum absolute atomic E-state index is 13.7. The van der Waals surface area contributed by atoms with Gasteiger partial charge < -0.3 is 19.9 Å². The molecule has 41 heavy (non-hydrogen) atoms. The van der Waals surface area contributed by atoms with Gasteiger partial charge in [-0.25, -0.2) is 13.8 Å². The van der Waals surface area contributed by atoms with Crippen LogP contribution < -0.4 is 10.1 Å². The highest BCUT2D eigenvalue weighted by Crippen LogP contribution is 2.31. The predicted octanol–water partition coefficient (Wildman–Crippen LogP) is 3.76. The molecule has 2 fully saturated rings. The van der Waals surface area contributed by atoms with Crippen LogP contribution in [0.1, 0.15) is 40.7 Å². The zero-order valence-electron chi connectivity index (χ0n) is 22.6. The van der Waals surface area contributed by atoms with E-state index in [2.05, 4.69) is 27.2 Å². The number of benzene rings is 1. The van der Waals surface area contributed by atoms with Gasteiger partial charge in [0.1, 0.15) is 12.1 Å². The highest BCUT2D eigenvalue weighted by molar-refractivity contribution is 6.07. The Labute approximate surface area is 236 Å². The molecule has 1 N–H and O–H groups in total. The predicted molar refractivity (Wildman–Crippen MR) is 149 cm³/mol. The molecule has 11 heteroatoms. The van der Waals surface area contributed by atoms with Crippen molar-refractivity contribution in [2.45, 2.75) is 37.3 Å². The second-order valence-corrected chi connectivity index (χ2v) is 10.4. The van der Waals surface area contributed by atoms with Gasteiger partial charge in [0.25, 0.3) is 11.8 Å². The van der Waals surface area contributed by atoms with E-state index >= 15 is 0 Å². The van der Waals surface area contributed by atoms with Crippen LogP contribution in [0.25, 0.3) is 23.1 Å². The van der Waals surface area contributed by atoms with Gasteiger partial charge >= 0.3 is 0 Å². The number of carbonyl (C=O) groups is 2. The van der Waals surface area contributed by atoms with E-state index < -0.39 is 43.3 Å². The maximum Gasteiger partial charge on any atom is 0.268 e. The van der Waals surface area contributed by atoms with Gasteiger partial charge in [0.2, 0.25) is 11.8 Å². The Bertz CT molecular complexity index is 1500. The highest BCUT2D eigenvalue weighted by Gasteiger charge is 2.47. The number of amides is 2. The lowest BCUT2D eigenvalue weighted by atomic mass is 10.0. The van der Waals surface area contributed by atoms with Crippen LogP contribution in [0.3, 0.4) is 0 Å². The standard InChI is InChI=1S/C30H30F2N6O3/c1-37-12-9-23(10-13-37)41-27-7-5-21(17-35-27)3-2-20-4-6-26-25(14-20)24(8-11-34-26)29(40)36-18-28(39)38-19-30(31,32)15-22(38)16-33/h2-8,11,14,17,22-23H,9-10,12-13,15,18-19H2,1H3,(H,36,40)/b3-2+. The first kappa shape index (κ1) is 28.1. The smallest absolute Gasteiger partial charge is 0.268 e. The molecule has 2 aliphatic heterocycles. The van der Waals surface area contributed by atoms with Gasteiger partial charge in [-0.3, -0.25) is 14.6 Å². The van der Waals surface area contributed by atoms with E-state index in [-0.39, 0.29) is 6.10 Å². The van der Waals surface area contributed by atoms with Crippen LogP contribution >= 0.6 is 0 Å². The van der Waals surface area contributed by atoms with Crippen LogP contribution in [0.2, 0.25) is 0 Å². The van der Waals surface area contributed by atoms with Crippen LogP contribution in [0.5, 0.6) is 5.88 Å². The van der Waals surface area contributed by atoms with E-state index in [1.54, 1.807) is 18.3 Å². The number of alkyl halides is 2. The molecule has 1 unspecified atom stereocenters. The minimum atomic E-state index is -3.12. The van der Waals surface area contributed by atoms with Crippen molar-refractivity contribution in [3.05, 3.63) is 65.5 Å². The van der Waals surface area contributed by atoms with Crippen molar-refractivity contribution in [1.29, 1.82) is 5.26 Å². The Kier molecular flexibility index (Phi) is 8.21. The molecule has 9 nitrogen and oxygen atoms in total. The second-order valence-electron chi connectivity index (χ2n) is 10.4. The molecule has 212 valence electrons. The third kappa shape index (κ3) is 6.84. The first-order chi connectivity index (χ1) is 19.7. The topological polar surface area (TPSA) is 111 Å². The van der Waals surface area contributed by atoms with Gasteiger partial charge in [0.05, 0.1) is 30.2 Å². The van der Waals surface area contributed by atoms with Gasteiger partial charge in [0.15, 0.2) is 0 Å². The van der Waals surface area contributed by atoms with Crippen molar-refractivity contribution in [1.82, 2.24) is 25.1 Å². The molecule has 3 aromatic rings. The summed E-state index contributed by atoms with van der Waals surface area (Å²) in [5, 5.41) is 12.2. The van der Waals surface area contributed by atoms with Crippen LogP contribution in [0, 0.1) is 11.3 Å². The SMILES string of the molecule is CN1CCC(Oc2ccc(/C=C/c3ccc4nccc(C(=O)NCC(=O)N5CC(F)(F)CC5C#N)c4c3)cn2)CC1. The normalized spacial score (nSPS) is 19.4. The summed E-state index contributed by atoms with van der Waals surface area (Å²) in [6.07, 6.45) is 8.45. The lowest BCUT2D eigenvalue weighted by molar-refractivity contribution is -0.131. The van der Waals surface area contributed by atoms with Crippen molar-refractivity contribution in [2.75, 3.05) is 33.2 Å². The summed E-state index contributed by atoms with van der Waals surface area (Å²) >= 11 is 0. The van der Waals surface area contributed by atoms with Gasteiger partial charge in [0, 0.05) is 43.4 Å². The van der Waals surface area contributed by atoms with Gasteiger partial charge in [-0.05, 0) is 55.3 Å². The number of pyridine rings is 2. The zero-order valence-corrected chi connectivity index (χ0v) is 22.6. The fraction of sp³-hybridized carbons (Fsp3) is 0.367. The lowest BCUT2D eigenvalue weighted by Crippen LogP contribution is -2.43. The molecular weight excluding hydrogens is 530 g/mol. The molecule has 0 spiro atoms. The Balaban J connectivity index is 1.23. The molecule has 0 bridgehead atoms. The molecule has 5 rings (SSSR count). The number of nitrogens with zero attached hydrogens (tertiary/aromatic N) is 5. The first-order valence-corrected chi connectivity index (χ1v) is 13.4. The summed E-state index contributed by atoms with van der Waals surface area (Å²) < 4.78 is 33.4.